The van der Waals surface area contributed by atoms with Crippen LogP contribution < -0.4 is 0 Å². The Hall–Kier alpha value is -0.620. The topological polar surface area (TPSA) is 37.3 Å². The number of carbonyl (C=O) groups is 1. The maximum Gasteiger partial charge on any atom is 0.438 e. The van der Waals surface area contributed by atoms with E-state index in [1.165, 1.54) is 0 Å². The average molecular weight is 254 g/mol. The summed E-state index contributed by atoms with van der Waals surface area (Å²) in [6, 6.07) is 0. The molecule has 1 aliphatic rings. The summed E-state index contributed by atoms with van der Waals surface area (Å²) in [6.45, 7) is 0.109. The van der Waals surface area contributed by atoms with Crippen LogP contribution in [0.5, 0.6) is 0 Å². The zero-order valence-electron chi connectivity index (χ0n) is 9.80. The first-order valence-corrected chi connectivity index (χ1v) is 5.91. The summed E-state index contributed by atoms with van der Waals surface area (Å²) >= 11 is 0. The van der Waals surface area contributed by atoms with Crippen molar-refractivity contribution < 1.29 is 27.6 Å². The SMILES string of the molecule is O=C1CC[N+](CCCCO)(CC(F)(F)F)CC1. The Balaban J connectivity index is 2.60. The molecule has 0 bridgehead atoms. The van der Waals surface area contributed by atoms with Gasteiger partial charge in [0.25, 0.3) is 0 Å². The van der Waals surface area contributed by atoms with Gasteiger partial charge in [0, 0.05) is 6.61 Å². The van der Waals surface area contributed by atoms with Gasteiger partial charge in [0.1, 0.15) is 5.78 Å². The van der Waals surface area contributed by atoms with Gasteiger partial charge < -0.3 is 9.59 Å². The predicted molar refractivity (Wildman–Crippen MR) is 56.3 cm³/mol. The van der Waals surface area contributed by atoms with Crippen LogP contribution >= 0.6 is 0 Å². The fourth-order valence-electron chi connectivity index (χ4n) is 2.36. The number of aliphatic hydroxyl groups excluding tert-OH is 1. The summed E-state index contributed by atoms with van der Waals surface area (Å²) in [7, 11) is 0. The maximum absolute atomic E-state index is 12.5. The molecule has 0 aromatic heterocycles. The molecule has 100 valence electrons. The van der Waals surface area contributed by atoms with Gasteiger partial charge in [-0.05, 0) is 12.8 Å². The molecule has 6 heteroatoms. The van der Waals surface area contributed by atoms with Crippen molar-refractivity contribution in [1.29, 1.82) is 0 Å². The van der Waals surface area contributed by atoms with Crippen molar-refractivity contribution >= 4 is 5.78 Å². The van der Waals surface area contributed by atoms with Crippen LogP contribution in [0.15, 0.2) is 0 Å². The lowest BCUT2D eigenvalue weighted by atomic mass is 10.0. The number of unbranched alkanes of at least 4 members (excludes halogenated alkanes) is 1. The minimum absolute atomic E-state index is 0.00491. The van der Waals surface area contributed by atoms with Crippen LogP contribution in [0.3, 0.4) is 0 Å². The van der Waals surface area contributed by atoms with Crippen LogP contribution in [-0.4, -0.2) is 54.3 Å². The first-order chi connectivity index (χ1) is 7.87. The number of Topliss-reactive ketones (excluding diaryl/α,β-unsaturated/α-hetero) is 1. The Labute approximate surface area is 98.8 Å². The quantitative estimate of drug-likeness (QED) is 0.596. The van der Waals surface area contributed by atoms with Crippen LogP contribution in [-0.2, 0) is 4.79 Å². The molecule has 1 saturated heterocycles. The normalized spacial score (nSPS) is 20.6. The summed E-state index contributed by atoms with van der Waals surface area (Å²) in [5.74, 6) is 0.0584. The zero-order valence-corrected chi connectivity index (χ0v) is 9.80. The molecular formula is C11H19F3NO2+. The summed E-state index contributed by atoms with van der Waals surface area (Å²) in [5, 5.41) is 8.67. The number of alkyl halides is 3. The molecule has 17 heavy (non-hydrogen) atoms. The number of hydrogen-bond donors (Lipinski definition) is 1. The molecule has 0 aliphatic carbocycles. The van der Waals surface area contributed by atoms with Gasteiger partial charge in [0.2, 0.25) is 0 Å². The highest BCUT2D eigenvalue weighted by molar-refractivity contribution is 5.78. The van der Waals surface area contributed by atoms with Crippen molar-refractivity contribution in [3.05, 3.63) is 0 Å². The van der Waals surface area contributed by atoms with Gasteiger partial charge in [0.15, 0.2) is 6.54 Å². The van der Waals surface area contributed by atoms with Gasteiger partial charge in [-0.15, -0.1) is 0 Å². The van der Waals surface area contributed by atoms with Crippen LogP contribution in [0.2, 0.25) is 0 Å². The number of piperidine rings is 1. The lowest BCUT2D eigenvalue weighted by Crippen LogP contribution is -2.57. The van der Waals surface area contributed by atoms with E-state index in [9.17, 15) is 18.0 Å². The van der Waals surface area contributed by atoms with E-state index in [4.69, 9.17) is 5.11 Å². The molecule has 0 saturated carbocycles. The second-order valence-electron chi connectivity index (χ2n) is 4.76. The maximum atomic E-state index is 12.5. The molecule has 1 heterocycles. The summed E-state index contributed by atoms with van der Waals surface area (Å²) < 4.78 is 37.6. The van der Waals surface area contributed by atoms with Crippen molar-refractivity contribution in [3.8, 4) is 0 Å². The molecule has 0 atom stereocenters. The number of carbonyl (C=O) groups excluding carboxylic acids is 1. The molecule has 0 aromatic carbocycles. The Morgan fingerprint density at radius 1 is 1.18 bits per heavy atom. The van der Waals surface area contributed by atoms with E-state index in [0.717, 1.165) is 0 Å². The smallest absolute Gasteiger partial charge is 0.396 e. The van der Waals surface area contributed by atoms with Crippen LogP contribution in [0, 0.1) is 0 Å². The number of quaternary nitrogens is 1. The standard InChI is InChI=1S/C11H19F3NO2/c12-11(13,14)9-15(5-1-2-8-16)6-3-10(17)4-7-15/h16H,1-9H2/q+1. The third-order valence-corrected chi connectivity index (χ3v) is 3.29. The van der Waals surface area contributed by atoms with Crippen molar-refractivity contribution in [1.82, 2.24) is 0 Å². The molecule has 1 aliphatic heterocycles. The number of likely N-dealkylation sites (tertiary alicyclic amines) is 1. The second-order valence-corrected chi connectivity index (χ2v) is 4.76. The van der Waals surface area contributed by atoms with Gasteiger partial charge in [-0.1, -0.05) is 0 Å². The number of ketones is 1. The highest BCUT2D eigenvalue weighted by Crippen LogP contribution is 2.26. The fourth-order valence-corrected chi connectivity index (χ4v) is 2.36. The summed E-state index contributed by atoms with van der Waals surface area (Å²) in [5.41, 5.74) is 0. The molecule has 1 rings (SSSR count). The van der Waals surface area contributed by atoms with Crippen molar-refractivity contribution in [2.45, 2.75) is 31.9 Å². The third kappa shape index (κ3) is 5.04. The highest BCUT2D eigenvalue weighted by Gasteiger charge is 2.43. The molecule has 0 spiro atoms. The lowest BCUT2D eigenvalue weighted by molar-refractivity contribution is -0.938. The van der Waals surface area contributed by atoms with Crippen LogP contribution in [0.4, 0.5) is 13.2 Å². The molecule has 0 amide bonds. The molecule has 1 fully saturated rings. The lowest BCUT2D eigenvalue weighted by Gasteiger charge is -2.41. The minimum atomic E-state index is -4.19. The largest absolute Gasteiger partial charge is 0.438 e. The van der Waals surface area contributed by atoms with Crippen molar-refractivity contribution in [3.63, 3.8) is 0 Å². The van der Waals surface area contributed by atoms with Gasteiger partial charge in [-0.3, -0.25) is 4.79 Å². The van der Waals surface area contributed by atoms with E-state index in [2.05, 4.69) is 0 Å². The van der Waals surface area contributed by atoms with Gasteiger partial charge in [-0.25, -0.2) is 0 Å². The van der Waals surface area contributed by atoms with Crippen LogP contribution in [0.25, 0.3) is 0 Å². The zero-order chi connectivity index (χ0) is 12.9. The summed E-state index contributed by atoms with van der Waals surface area (Å²) in [6.07, 6.45) is -2.61. The summed E-state index contributed by atoms with van der Waals surface area (Å²) in [4.78, 5) is 11.1. The van der Waals surface area contributed by atoms with Crippen molar-refractivity contribution in [2.75, 3.05) is 32.8 Å². The Morgan fingerprint density at radius 3 is 2.24 bits per heavy atom. The molecule has 0 radical (unpaired) electrons. The van der Waals surface area contributed by atoms with E-state index in [-0.39, 0.29) is 42.8 Å². The predicted octanol–water partition coefficient (Wildman–Crippen LogP) is 1.50. The van der Waals surface area contributed by atoms with Gasteiger partial charge >= 0.3 is 6.18 Å². The first kappa shape index (κ1) is 14.4. The fraction of sp³-hybridized carbons (Fsp3) is 0.909. The van der Waals surface area contributed by atoms with Gasteiger partial charge in [-0.2, -0.15) is 13.2 Å². The number of hydrogen-bond acceptors (Lipinski definition) is 2. The number of halogens is 3. The molecule has 0 unspecified atom stereocenters. The Morgan fingerprint density at radius 2 is 1.76 bits per heavy atom. The van der Waals surface area contributed by atoms with E-state index in [1.807, 2.05) is 0 Å². The Kier molecular flexibility index (Phi) is 4.94. The third-order valence-electron chi connectivity index (χ3n) is 3.29. The van der Waals surface area contributed by atoms with E-state index in [0.29, 0.717) is 19.4 Å². The van der Waals surface area contributed by atoms with E-state index < -0.39 is 12.7 Å². The molecule has 3 nitrogen and oxygen atoms in total. The number of rotatable bonds is 5. The van der Waals surface area contributed by atoms with E-state index in [1.54, 1.807) is 0 Å². The molecular weight excluding hydrogens is 235 g/mol. The molecule has 0 aromatic rings. The van der Waals surface area contributed by atoms with Crippen LogP contribution in [0.1, 0.15) is 25.7 Å². The highest BCUT2D eigenvalue weighted by atomic mass is 19.4. The number of aliphatic hydroxyl groups is 1. The number of nitrogens with zero attached hydrogens (tertiary/aromatic N) is 1. The van der Waals surface area contributed by atoms with E-state index >= 15 is 0 Å². The average Bonchev–Trinajstić information content (AvgIpc) is 2.21. The second kappa shape index (κ2) is 5.82. The van der Waals surface area contributed by atoms with Crippen molar-refractivity contribution in [2.24, 2.45) is 0 Å². The Bertz CT molecular complexity index is 256. The van der Waals surface area contributed by atoms with Gasteiger partial charge in [0.05, 0.1) is 32.5 Å². The monoisotopic (exact) mass is 254 g/mol. The first-order valence-electron chi connectivity index (χ1n) is 5.91. The minimum Gasteiger partial charge on any atom is -0.396 e. The molecule has 1 N–H and O–H groups in total.